The van der Waals surface area contributed by atoms with Crippen LogP contribution in [0.15, 0.2) is 16.7 Å². The fourth-order valence-electron chi connectivity index (χ4n) is 1.74. The summed E-state index contributed by atoms with van der Waals surface area (Å²) in [5, 5.41) is 6.74. The van der Waals surface area contributed by atoms with Crippen LogP contribution in [0.4, 0.5) is 0 Å². The normalized spacial score (nSPS) is 10.6. The second kappa shape index (κ2) is 5.35. The van der Waals surface area contributed by atoms with Gasteiger partial charge in [0.2, 0.25) is 5.91 Å². The van der Waals surface area contributed by atoms with Crippen LogP contribution in [0, 0.1) is 20.8 Å². The SMILES string of the molecule is Cc1ccc(CNC(=O)Cc2c(C)noc2C)s1. The molecule has 2 rings (SSSR count). The number of aryl methyl sites for hydroxylation is 3. The van der Waals surface area contributed by atoms with E-state index in [1.807, 2.05) is 19.9 Å². The van der Waals surface area contributed by atoms with E-state index in [0.717, 1.165) is 17.0 Å². The summed E-state index contributed by atoms with van der Waals surface area (Å²) in [4.78, 5) is 14.2. The fourth-order valence-corrected chi connectivity index (χ4v) is 2.57. The van der Waals surface area contributed by atoms with Gasteiger partial charge in [0.15, 0.2) is 0 Å². The number of carbonyl (C=O) groups is 1. The topological polar surface area (TPSA) is 55.1 Å². The highest BCUT2D eigenvalue weighted by Crippen LogP contribution is 2.15. The highest BCUT2D eigenvalue weighted by molar-refractivity contribution is 7.11. The van der Waals surface area contributed by atoms with Gasteiger partial charge in [-0.25, -0.2) is 0 Å². The van der Waals surface area contributed by atoms with Crippen molar-refractivity contribution in [2.24, 2.45) is 0 Å². The number of carbonyl (C=O) groups excluding carboxylic acids is 1. The van der Waals surface area contributed by atoms with Crippen LogP contribution in [-0.4, -0.2) is 11.1 Å². The first kappa shape index (κ1) is 12.8. The molecule has 0 saturated heterocycles. The third-order valence-electron chi connectivity index (χ3n) is 2.77. The van der Waals surface area contributed by atoms with Gasteiger partial charge < -0.3 is 9.84 Å². The second-order valence-electron chi connectivity index (χ2n) is 4.27. The van der Waals surface area contributed by atoms with Crippen LogP contribution < -0.4 is 5.32 Å². The summed E-state index contributed by atoms with van der Waals surface area (Å²) in [6.45, 7) is 6.31. The first-order chi connectivity index (χ1) is 8.56. The highest BCUT2D eigenvalue weighted by atomic mass is 32.1. The Morgan fingerprint density at radius 2 is 2.17 bits per heavy atom. The summed E-state index contributed by atoms with van der Waals surface area (Å²) >= 11 is 1.70. The molecule has 1 N–H and O–H groups in total. The molecule has 0 atom stereocenters. The van der Waals surface area contributed by atoms with Crippen LogP contribution in [0.5, 0.6) is 0 Å². The first-order valence-electron chi connectivity index (χ1n) is 5.80. The lowest BCUT2D eigenvalue weighted by Gasteiger charge is -2.03. The molecule has 5 heteroatoms. The standard InChI is InChI=1S/C13H16N2O2S/c1-8-4-5-11(18-8)7-14-13(16)6-12-9(2)15-17-10(12)3/h4-5H,6-7H2,1-3H3,(H,14,16). The molecule has 2 aromatic heterocycles. The number of hydrogen-bond donors (Lipinski definition) is 1. The van der Waals surface area contributed by atoms with E-state index >= 15 is 0 Å². The van der Waals surface area contributed by atoms with Gasteiger partial charge in [0, 0.05) is 15.3 Å². The van der Waals surface area contributed by atoms with Crippen molar-refractivity contribution in [3.63, 3.8) is 0 Å². The van der Waals surface area contributed by atoms with Crippen LogP contribution in [0.1, 0.15) is 26.8 Å². The third-order valence-corrected chi connectivity index (χ3v) is 3.78. The van der Waals surface area contributed by atoms with Gasteiger partial charge in [-0.05, 0) is 32.9 Å². The molecule has 0 aromatic carbocycles. The van der Waals surface area contributed by atoms with Gasteiger partial charge in [-0.15, -0.1) is 11.3 Å². The van der Waals surface area contributed by atoms with Gasteiger partial charge in [0.1, 0.15) is 5.76 Å². The zero-order valence-corrected chi connectivity index (χ0v) is 11.6. The number of nitrogens with one attached hydrogen (secondary N) is 1. The average molecular weight is 264 g/mol. The van der Waals surface area contributed by atoms with Gasteiger partial charge >= 0.3 is 0 Å². The molecule has 0 spiro atoms. The van der Waals surface area contributed by atoms with E-state index in [0.29, 0.717) is 13.0 Å². The minimum atomic E-state index is -0.00421. The number of nitrogens with zero attached hydrogens (tertiary/aromatic N) is 1. The van der Waals surface area contributed by atoms with Gasteiger partial charge in [-0.1, -0.05) is 5.16 Å². The summed E-state index contributed by atoms with van der Waals surface area (Å²) < 4.78 is 5.03. The van der Waals surface area contributed by atoms with E-state index < -0.39 is 0 Å². The Morgan fingerprint density at radius 1 is 1.39 bits per heavy atom. The zero-order valence-electron chi connectivity index (χ0n) is 10.7. The predicted molar refractivity (Wildman–Crippen MR) is 70.6 cm³/mol. The predicted octanol–water partition coefficient (Wildman–Crippen LogP) is 2.52. The average Bonchev–Trinajstić information content (AvgIpc) is 2.87. The molecule has 1 amide bonds. The summed E-state index contributed by atoms with van der Waals surface area (Å²) in [5.74, 6) is 0.713. The van der Waals surface area contributed by atoms with E-state index in [1.54, 1.807) is 11.3 Å². The van der Waals surface area contributed by atoms with Crippen molar-refractivity contribution < 1.29 is 9.32 Å². The molecular weight excluding hydrogens is 248 g/mol. The summed E-state index contributed by atoms with van der Waals surface area (Å²) in [7, 11) is 0. The zero-order chi connectivity index (χ0) is 13.1. The molecule has 18 heavy (non-hydrogen) atoms. The van der Waals surface area contributed by atoms with Crippen molar-refractivity contribution >= 4 is 17.2 Å². The quantitative estimate of drug-likeness (QED) is 0.923. The van der Waals surface area contributed by atoms with Crippen molar-refractivity contribution in [1.82, 2.24) is 10.5 Å². The minimum Gasteiger partial charge on any atom is -0.361 e. The molecule has 2 aromatic rings. The Kier molecular flexibility index (Phi) is 3.81. The highest BCUT2D eigenvalue weighted by Gasteiger charge is 2.13. The first-order valence-corrected chi connectivity index (χ1v) is 6.61. The monoisotopic (exact) mass is 264 g/mol. The Hall–Kier alpha value is -1.62. The number of thiophene rings is 1. The van der Waals surface area contributed by atoms with Crippen LogP contribution in [-0.2, 0) is 17.8 Å². The largest absolute Gasteiger partial charge is 0.361 e. The summed E-state index contributed by atoms with van der Waals surface area (Å²) in [6, 6.07) is 4.09. The van der Waals surface area contributed by atoms with E-state index in [2.05, 4.69) is 23.5 Å². The fraction of sp³-hybridized carbons (Fsp3) is 0.385. The Labute approximate surface area is 110 Å². The van der Waals surface area contributed by atoms with Gasteiger partial charge in [0.05, 0.1) is 18.7 Å². The molecule has 0 aliphatic carbocycles. The lowest BCUT2D eigenvalue weighted by Crippen LogP contribution is -2.24. The lowest BCUT2D eigenvalue weighted by molar-refractivity contribution is -0.120. The molecular formula is C13H16N2O2S. The molecule has 0 radical (unpaired) electrons. The smallest absolute Gasteiger partial charge is 0.224 e. The van der Waals surface area contributed by atoms with Crippen molar-refractivity contribution in [3.8, 4) is 0 Å². The summed E-state index contributed by atoms with van der Waals surface area (Å²) in [5.41, 5.74) is 1.67. The maximum Gasteiger partial charge on any atom is 0.224 e. The maximum atomic E-state index is 11.8. The number of rotatable bonds is 4. The number of amides is 1. The lowest BCUT2D eigenvalue weighted by atomic mass is 10.1. The van der Waals surface area contributed by atoms with E-state index in [1.165, 1.54) is 9.75 Å². The molecule has 0 aliphatic rings. The van der Waals surface area contributed by atoms with E-state index in [9.17, 15) is 4.79 Å². The molecule has 0 fully saturated rings. The van der Waals surface area contributed by atoms with Crippen molar-refractivity contribution in [2.75, 3.05) is 0 Å². The van der Waals surface area contributed by atoms with Crippen LogP contribution >= 0.6 is 11.3 Å². The molecule has 4 nitrogen and oxygen atoms in total. The molecule has 0 saturated carbocycles. The van der Waals surface area contributed by atoms with Crippen LogP contribution in [0.3, 0.4) is 0 Å². The third kappa shape index (κ3) is 2.98. The Morgan fingerprint density at radius 3 is 2.72 bits per heavy atom. The molecule has 0 unspecified atom stereocenters. The van der Waals surface area contributed by atoms with Gasteiger partial charge in [-0.3, -0.25) is 4.79 Å². The van der Waals surface area contributed by atoms with Crippen molar-refractivity contribution in [2.45, 2.75) is 33.7 Å². The van der Waals surface area contributed by atoms with Crippen LogP contribution in [0.2, 0.25) is 0 Å². The summed E-state index contributed by atoms with van der Waals surface area (Å²) in [6.07, 6.45) is 0.325. The second-order valence-corrected chi connectivity index (χ2v) is 5.64. The van der Waals surface area contributed by atoms with Gasteiger partial charge in [0.25, 0.3) is 0 Å². The minimum absolute atomic E-state index is 0.00421. The van der Waals surface area contributed by atoms with E-state index in [-0.39, 0.29) is 5.91 Å². The van der Waals surface area contributed by atoms with Crippen LogP contribution in [0.25, 0.3) is 0 Å². The van der Waals surface area contributed by atoms with Crippen molar-refractivity contribution in [1.29, 1.82) is 0 Å². The van der Waals surface area contributed by atoms with Gasteiger partial charge in [-0.2, -0.15) is 0 Å². The number of aromatic nitrogens is 1. The van der Waals surface area contributed by atoms with Crippen molar-refractivity contribution in [3.05, 3.63) is 38.9 Å². The molecule has 0 aliphatic heterocycles. The maximum absolute atomic E-state index is 11.8. The molecule has 0 bridgehead atoms. The molecule has 2 heterocycles. The number of hydrogen-bond acceptors (Lipinski definition) is 4. The molecule has 96 valence electrons. The Bertz CT molecular complexity index is 538. The van der Waals surface area contributed by atoms with E-state index in [4.69, 9.17) is 4.52 Å². The Balaban J connectivity index is 1.89.